The molecule has 1 aromatic heterocycles. The lowest BCUT2D eigenvalue weighted by Gasteiger charge is -2.29. The molecular weight excluding hydrogens is 336 g/mol. The van der Waals surface area contributed by atoms with Gasteiger partial charge in [-0.15, -0.1) is 10.2 Å². The molecular formula is C15H15ClN4O2S. The highest BCUT2D eigenvalue weighted by Crippen LogP contribution is 2.33. The van der Waals surface area contributed by atoms with E-state index in [2.05, 4.69) is 10.2 Å². The van der Waals surface area contributed by atoms with Gasteiger partial charge in [-0.05, 0) is 25.0 Å². The number of amides is 1. The zero-order valence-corrected chi connectivity index (χ0v) is 13.9. The molecule has 0 unspecified atom stereocenters. The molecule has 0 saturated heterocycles. The smallest absolute Gasteiger partial charge is 0.244 e. The summed E-state index contributed by atoms with van der Waals surface area (Å²) in [6, 6.07) is 7.28. The Labute approximate surface area is 142 Å². The Bertz CT molecular complexity index is 747. The number of nitrogens with zero attached hydrogens (tertiary/aromatic N) is 4. The highest BCUT2D eigenvalue weighted by molar-refractivity contribution is 7.99. The van der Waals surface area contributed by atoms with Crippen LogP contribution in [0.3, 0.4) is 0 Å². The Morgan fingerprint density at radius 2 is 2.17 bits per heavy atom. The SMILES string of the molecule is O=C(C1CC1)N1CCSc2nnc(COc3ccccc3Cl)n21. The molecule has 0 N–H and O–H groups in total. The van der Waals surface area contributed by atoms with Crippen LogP contribution >= 0.6 is 23.4 Å². The number of halogens is 1. The fourth-order valence-corrected chi connectivity index (χ4v) is 3.56. The zero-order valence-electron chi connectivity index (χ0n) is 12.3. The van der Waals surface area contributed by atoms with Crippen LogP contribution in [-0.4, -0.2) is 33.1 Å². The Balaban J connectivity index is 1.57. The van der Waals surface area contributed by atoms with E-state index in [1.165, 1.54) is 0 Å². The van der Waals surface area contributed by atoms with Crippen LogP contribution in [-0.2, 0) is 11.4 Å². The van der Waals surface area contributed by atoms with Crippen molar-refractivity contribution in [2.45, 2.75) is 24.6 Å². The monoisotopic (exact) mass is 350 g/mol. The topological polar surface area (TPSA) is 60.3 Å². The van der Waals surface area contributed by atoms with Gasteiger partial charge in [-0.25, -0.2) is 9.69 Å². The van der Waals surface area contributed by atoms with Gasteiger partial charge in [0.25, 0.3) is 0 Å². The molecule has 1 aromatic carbocycles. The first-order valence-electron chi connectivity index (χ1n) is 7.50. The molecule has 23 heavy (non-hydrogen) atoms. The van der Waals surface area contributed by atoms with Gasteiger partial charge in [0.1, 0.15) is 12.4 Å². The fourth-order valence-electron chi connectivity index (χ4n) is 2.50. The molecule has 0 spiro atoms. The van der Waals surface area contributed by atoms with Crippen molar-refractivity contribution in [1.29, 1.82) is 0 Å². The summed E-state index contributed by atoms with van der Waals surface area (Å²) in [7, 11) is 0. The van der Waals surface area contributed by atoms with Gasteiger partial charge in [0.15, 0.2) is 5.82 Å². The van der Waals surface area contributed by atoms with Crippen LogP contribution in [0.2, 0.25) is 5.02 Å². The molecule has 1 amide bonds. The van der Waals surface area contributed by atoms with E-state index < -0.39 is 0 Å². The predicted octanol–water partition coefficient (Wildman–Crippen LogP) is 2.49. The Hall–Kier alpha value is -1.73. The van der Waals surface area contributed by atoms with Crippen molar-refractivity contribution in [3.8, 4) is 5.75 Å². The first kappa shape index (κ1) is 14.8. The molecule has 8 heteroatoms. The van der Waals surface area contributed by atoms with E-state index in [0.717, 1.165) is 23.8 Å². The van der Waals surface area contributed by atoms with Gasteiger partial charge in [0, 0.05) is 11.7 Å². The van der Waals surface area contributed by atoms with Crippen LogP contribution in [0, 0.1) is 5.92 Å². The van der Waals surface area contributed by atoms with Crippen molar-refractivity contribution >= 4 is 29.3 Å². The second-order valence-corrected chi connectivity index (χ2v) is 6.98. The van der Waals surface area contributed by atoms with Gasteiger partial charge in [-0.3, -0.25) is 4.79 Å². The minimum absolute atomic E-state index is 0.158. The number of carbonyl (C=O) groups is 1. The molecule has 0 bridgehead atoms. The van der Waals surface area contributed by atoms with Gasteiger partial charge in [-0.2, -0.15) is 0 Å². The van der Waals surface area contributed by atoms with Gasteiger partial charge >= 0.3 is 0 Å². The number of fused-ring (bicyclic) bond motifs is 1. The summed E-state index contributed by atoms with van der Waals surface area (Å²) in [5.74, 6) is 2.36. The summed E-state index contributed by atoms with van der Waals surface area (Å²) in [6.45, 7) is 0.885. The number of hydrogen-bond acceptors (Lipinski definition) is 5. The van der Waals surface area contributed by atoms with E-state index in [1.807, 2.05) is 12.1 Å². The molecule has 1 fully saturated rings. The maximum Gasteiger partial charge on any atom is 0.244 e. The largest absolute Gasteiger partial charge is 0.484 e. The van der Waals surface area contributed by atoms with Crippen LogP contribution in [0.4, 0.5) is 0 Å². The molecule has 0 radical (unpaired) electrons. The normalized spacial score (nSPS) is 17.0. The third kappa shape index (κ3) is 2.90. The number of ether oxygens (including phenoxy) is 1. The zero-order chi connectivity index (χ0) is 15.8. The maximum atomic E-state index is 12.5. The number of thioether (sulfide) groups is 1. The van der Waals surface area contributed by atoms with Gasteiger partial charge in [0.2, 0.25) is 11.1 Å². The average molecular weight is 351 g/mol. The fraction of sp³-hybridized carbons (Fsp3) is 0.400. The molecule has 1 aliphatic carbocycles. The van der Waals surface area contributed by atoms with Crippen LogP contribution in [0.25, 0.3) is 0 Å². The van der Waals surface area contributed by atoms with Crippen molar-refractivity contribution in [3.63, 3.8) is 0 Å². The number of carbonyl (C=O) groups excluding carboxylic acids is 1. The second-order valence-electron chi connectivity index (χ2n) is 5.51. The summed E-state index contributed by atoms with van der Waals surface area (Å²) < 4.78 is 7.55. The lowest BCUT2D eigenvalue weighted by atomic mass is 10.3. The van der Waals surface area contributed by atoms with Gasteiger partial charge in [0.05, 0.1) is 11.6 Å². The molecule has 120 valence electrons. The van der Waals surface area contributed by atoms with E-state index in [9.17, 15) is 4.79 Å². The van der Waals surface area contributed by atoms with Crippen molar-refractivity contribution in [1.82, 2.24) is 14.9 Å². The van der Waals surface area contributed by atoms with Crippen molar-refractivity contribution in [3.05, 3.63) is 35.1 Å². The van der Waals surface area contributed by atoms with Gasteiger partial charge in [-0.1, -0.05) is 35.5 Å². The second kappa shape index (κ2) is 6.05. The summed E-state index contributed by atoms with van der Waals surface area (Å²) in [5.41, 5.74) is 0. The van der Waals surface area contributed by atoms with Crippen LogP contribution in [0.1, 0.15) is 18.7 Å². The van der Waals surface area contributed by atoms with E-state index in [4.69, 9.17) is 16.3 Å². The lowest BCUT2D eigenvalue weighted by Crippen LogP contribution is -2.46. The third-order valence-electron chi connectivity index (χ3n) is 3.83. The Morgan fingerprint density at radius 1 is 1.35 bits per heavy atom. The molecule has 2 aliphatic rings. The van der Waals surface area contributed by atoms with Crippen molar-refractivity contribution < 1.29 is 9.53 Å². The minimum atomic E-state index is 0.158. The van der Waals surface area contributed by atoms with Crippen molar-refractivity contribution in [2.75, 3.05) is 17.3 Å². The molecule has 1 saturated carbocycles. The third-order valence-corrected chi connectivity index (χ3v) is 5.04. The van der Waals surface area contributed by atoms with Crippen molar-refractivity contribution in [2.24, 2.45) is 5.92 Å². The predicted molar refractivity (Wildman–Crippen MR) is 87.3 cm³/mol. The number of aromatic nitrogens is 3. The van der Waals surface area contributed by atoms with Crippen LogP contribution in [0.15, 0.2) is 29.4 Å². The van der Waals surface area contributed by atoms with E-state index in [0.29, 0.717) is 23.1 Å². The lowest BCUT2D eigenvalue weighted by molar-refractivity contribution is -0.121. The summed E-state index contributed by atoms with van der Waals surface area (Å²) in [4.78, 5) is 12.5. The molecule has 1 aliphatic heterocycles. The standard InChI is InChI=1S/C15H15ClN4O2S/c16-11-3-1-2-4-12(11)22-9-13-17-18-15-20(13)19(7-8-23-15)14(21)10-5-6-10/h1-4,10H,5-9H2. The summed E-state index contributed by atoms with van der Waals surface area (Å²) in [6.07, 6.45) is 1.96. The highest BCUT2D eigenvalue weighted by Gasteiger charge is 2.37. The molecule has 4 rings (SSSR count). The van der Waals surface area contributed by atoms with Crippen LogP contribution in [0.5, 0.6) is 5.75 Å². The molecule has 2 heterocycles. The van der Waals surface area contributed by atoms with Crippen LogP contribution < -0.4 is 9.75 Å². The number of rotatable bonds is 4. The highest BCUT2D eigenvalue weighted by atomic mass is 35.5. The van der Waals surface area contributed by atoms with E-state index in [-0.39, 0.29) is 18.4 Å². The number of para-hydroxylation sites is 1. The Morgan fingerprint density at radius 3 is 2.96 bits per heavy atom. The number of benzene rings is 1. The van der Waals surface area contributed by atoms with Gasteiger partial charge < -0.3 is 4.74 Å². The summed E-state index contributed by atoms with van der Waals surface area (Å²) in [5, 5.41) is 11.4. The Kier molecular flexibility index (Phi) is 3.90. The first-order chi connectivity index (χ1) is 11.2. The summed E-state index contributed by atoms with van der Waals surface area (Å²) >= 11 is 7.70. The molecule has 0 atom stereocenters. The maximum absolute atomic E-state index is 12.5. The average Bonchev–Trinajstić information content (AvgIpc) is 3.34. The number of hydrogen-bond donors (Lipinski definition) is 0. The van der Waals surface area contributed by atoms with E-state index >= 15 is 0 Å². The quantitative estimate of drug-likeness (QED) is 0.847. The molecule has 6 nitrogen and oxygen atoms in total. The first-order valence-corrected chi connectivity index (χ1v) is 8.86. The molecule has 2 aromatic rings. The minimum Gasteiger partial charge on any atom is -0.484 e. The van der Waals surface area contributed by atoms with E-state index in [1.54, 1.807) is 33.6 Å².